The van der Waals surface area contributed by atoms with Gasteiger partial charge in [-0.3, -0.25) is 19.8 Å². The maximum absolute atomic E-state index is 10.4. The molecule has 0 aromatic carbocycles. The van der Waals surface area contributed by atoms with E-state index in [1.54, 1.807) is 6.08 Å². The maximum atomic E-state index is 10.4. The lowest BCUT2D eigenvalue weighted by atomic mass is 10.6. The Morgan fingerprint density at radius 1 is 1.82 bits per heavy atom. The molecule has 0 aliphatic carbocycles. The number of aliphatic imine (C=N–C) groups is 1. The van der Waals surface area contributed by atoms with Gasteiger partial charge in [0.05, 0.1) is 18.0 Å². The summed E-state index contributed by atoms with van der Waals surface area (Å²) in [4.78, 5) is 13.9. The molecule has 0 radical (unpaired) electrons. The highest BCUT2D eigenvalue weighted by molar-refractivity contribution is 5.77. The molecule has 0 saturated carbocycles. The molecule has 0 unspecified atom stereocenters. The van der Waals surface area contributed by atoms with Gasteiger partial charge in [-0.1, -0.05) is 6.08 Å². The predicted octanol–water partition coefficient (Wildman–Crippen LogP) is -0.118. The van der Waals surface area contributed by atoms with E-state index in [9.17, 15) is 10.1 Å². The molecule has 0 saturated heterocycles. The van der Waals surface area contributed by atoms with Crippen molar-refractivity contribution in [1.82, 2.24) is 15.1 Å². The summed E-state index contributed by atoms with van der Waals surface area (Å²) in [5.41, 5.74) is 5.50. The van der Waals surface area contributed by atoms with E-state index in [2.05, 4.69) is 22.0 Å². The summed E-state index contributed by atoms with van der Waals surface area (Å²) in [5.74, 6) is 0.312. The number of nitrogens with two attached hydrogens (primary N) is 1. The molecule has 3 N–H and O–H groups in total. The fourth-order valence-electron chi connectivity index (χ4n) is 1.07. The van der Waals surface area contributed by atoms with Gasteiger partial charge in [-0.2, -0.15) is 5.10 Å². The zero-order chi connectivity index (χ0) is 12.7. The molecule has 8 heteroatoms. The zero-order valence-corrected chi connectivity index (χ0v) is 9.24. The van der Waals surface area contributed by atoms with Crippen molar-refractivity contribution < 1.29 is 4.92 Å². The van der Waals surface area contributed by atoms with Gasteiger partial charge in [0, 0.05) is 6.54 Å². The lowest BCUT2D eigenvalue weighted by Gasteiger charge is -2.01. The number of nitrogens with zero attached hydrogens (tertiary/aromatic N) is 4. The molecule has 0 amide bonds. The number of guanidine groups is 1. The highest BCUT2D eigenvalue weighted by atomic mass is 16.6. The zero-order valence-electron chi connectivity index (χ0n) is 9.24. The second kappa shape index (κ2) is 6.26. The summed E-state index contributed by atoms with van der Waals surface area (Å²) in [6, 6.07) is 0. The van der Waals surface area contributed by atoms with Crippen LogP contribution in [0.3, 0.4) is 0 Å². The average Bonchev–Trinajstić information content (AvgIpc) is 2.75. The van der Waals surface area contributed by atoms with Crippen LogP contribution in [-0.2, 0) is 6.54 Å². The SMILES string of the molecule is C=CCNC(N)=NCCn1cc([N+](=O)[O-])cn1. The van der Waals surface area contributed by atoms with E-state index in [1.165, 1.54) is 17.1 Å². The summed E-state index contributed by atoms with van der Waals surface area (Å²) in [6.07, 6.45) is 4.21. The van der Waals surface area contributed by atoms with Crippen LogP contribution in [0, 0.1) is 10.1 Å². The normalized spacial score (nSPS) is 11.2. The fourth-order valence-corrected chi connectivity index (χ4v) is 1.07. The van der Waals surface area contributed by atoms with E-state index in [0.717, 1.165) is 0 Å². The van der Waals surface area contributed by atoms with Crippen LogP contribution in [0.1, 0.15) is 0 Å². The van der Waals surface area contributed by atoms with Gasteiger partial charge in [0.1, 0.15) is 12.4 Å². The predicted molar refractivity (Wildman–Crippen MR) is 63.6 cm³/mol. The van der Waals surface area contributed by atoms with Crippen LogP contribution in [0.2, 0.25) is 0 Å². The molecule has 0 aliphatic rings. The summed E-state index contributed by atoms with van der Waals surface area (Å²) < 4.78 is 1.45. The molecule has 0 aliphatic heterocycles. The monoisotopic (exact) mass is 238 g/mol. The number of hydrogen-bond donors (Lipinski definition) is 2. The third-order valence-corrected chi connectivity index (χ3v) is 1.87. The second-order valence-corrected chi connectivity index (χ2v) is 3.16. The summed E-state index contributed by atoms with van der Waals surface area (Å²) in [7, 11) is 0. The minimum atomic E-state index is -0.493. The molecule has 92 valence electrons. The summed E-state index contributed by atoms with van der Waals surface area (Å²) in [6.45, 7) is 4.91. The minimum absolute atomic E-state index is 0.0354. The van der Waals surface area contributed by atoms with E-state index in [-0.39, 0.29) is 5.69 Å². The Kier molecular flexibility index (Phi) is 4.67. The van der Waals surface area contributed by atoms with Gasteiger partial charge in [-0.05, 0) is 0 Å². The molecule has 1 aromatic heterocycles. The number of hydrogen-bond acceptors (Lipinski definition) is 4. The molecule has 1 aromatic rings. The van der Waals surface area contributed by atoms with Crippen molar-refractivity contribution in [2.24, 2.45) is 10.7 Å². The molecular formula is C9H14N6O2. The lowest BCUT2D eigenvalue weighted by Crippen LogP contribution is -2.32. The Hall–Kier alpha value is -2.38. The Balaban J connectivity index is 2.39. The molecular weight excluding hydrogens is 224 g/mol. The van der Waals surface area contributed by atoms with Gasteiger partial charge < -0.3 is 11.1 Å². The Labute approximate surface area is 98.0 Å². The maximum Gasteiger partial charge on any atom is 0.306 e. The molecule has 8 nitrogen and oxygen atoms in total. The highest BCUT2D eigenvalue weighted by Crippen LogP contribution is 2.07. The highest BCUT2D eigenvalue weighted by Gasteiger charge is 2.07. The Morgan fingerprint density at radius 3 is 3.18 bits per heavy atom. The van der Waals surface area contributed by atoms with E-state index >= 15 is 0 Å². The standard InChI is InChI=1S/C9H14N6O2/c1-2-3-11-9(10)12-4-5-14-7-8(6-13-14)15(16)17/h2,6-7H,1,3-5H2,(H3,10,11,12). The molecule has 17 heavy (non-hydrogen) atoms. The van der Waals surface area contributed by atoms with Crippen molar-refractivity contribution >= 4 is 11.6 Å². The van der Waals surface area contributed by atoms with Gasteiger partial charge in [0.15, 0.2) is 5.96 Å². The van der Waals surface area contributed by atoms with Gasteiger partial charge in [-0.15, -0.1) is 6.58 Å². The number of nitrogens with one attached hydrogen (secondary N) is 1. The fraction of sp³-hybridized carbons (Fsp3) is 0.333. The number of rotatable bonds is 6. The first kappa shape index (κ1) is 12.7. The van der Waals surface area contributed by atoms with Crippen molar-refractivity contribution in [2.45, 2.75) is 6.54 Å². The van der Waals surface area contributed by atoms with Crippen LogP contribution in [0.15, 0.2) is 30.0 Å². The van der Waals surface area contributed by atoms with Gasteiger partial charge in [-0.25, -0.2) is 0 Å². The van der Waals surface area contributed by atoms with Crippen LogP contribution < -0.4 is 11.1 Å². The van der Waals surface area contributed by atoms with Crippen molar-refractivity contribution in [3.05, 3.63) is 35.2 Å². The van der Waals surface area contributed by atoms with Crippen LogP contribution in [0.25, 0.3) is 0 Å². The third kappa shape index (κ3) is 4.33. The van der Waals surface area contributed by atoms with Crippen molar-refractivity contribution in [1.29, 1.82) is 0 Å². The Morgan fingerprint density at radius 2 is 2.59 bits per heavy atom. The van der Waals surface area contributed by atoms with Gasteiger partial charge in [0.2, 0.25) is 0 Å². The lowest BCUT2D eigenvalue weighted by molar-refractivity contribution is -0.385. The van der Waals surface area contributed by atoms with Crippen molar-refractivity contribution in [3.63, 3.8) is 0 Å². The van der Waals surface area contributed by atoms with Crippen LogP contribution >= 0.6 is 0 Å². The number of aromatic nitrogens is 2. The first-order valence-electron chi connectivity index (χ1n) is 4.95. The third-order valence-electron chi connectivity index (χ3n) is 1.87. The van der Waals surface area contributed by atoms with E-state index in [1.807, 2.05) is 0 Å². The first-order valence-corrected chi connectivity index (χ1v) is 4.95. The topological polar surface area (TPSA) is 111 Å². The molecule has 1 rings (SSSR count). The second-order valence-electron chi connectivity index (χ2n) is 3.16. The number of nitro groups is 1. The quantitative estimate of drug-likeness (QED) is 0.236. The van der Waals surface area contributed by atoms with E-state index in [0.29, 0.717) is 25.6 Å². The van der Waals surface area contributed by atoms with Crippen LogP contribution in [0.4, 0.5) is 5.69 Å². The van der Waals surface area contributed by atoms with Crippen molar-refractivity contribution in [3.8, 4) is 0 Å². The Bertz CT molecular complexity index is 425. The molecule has 0 bridgehead atoms. The molecule has 1 heterocycles. The minimum Gasteiger partial charge on any atom is -0.370 e. The van der Waals surface area contributed by atoms with Crippen LogP contribution in [0.5, 0.6) is 0 Å². The summed E-state index contributed by atoms with van der Waals surface area (Å²) >= 11 is 0. The van der Waals surface area contributed by atoms with E-state index < -0.39 is 4.92 Å². The average molecular weight is 238 g/mol. The smallest absolute Gasteiger partial charge is 0.306 e. The van der Waals surface area contributed by atoms with Crippen LogP contribution in [-0.4, -0.2) is 33.8 Å². The van der Waals surface area contributed by atoms with Gasteiger partial charge >= 0.3 is 5.69 Å². The molecule has 0 atom stereocenters. The first-order chi connectivity index (χ1) is 8.13. The molecule has 0 fully saturated rings. The van der Waals surface area contributed by atoms with Gasteiger partial charge in [0.25, 0.3) is 0 Å². The van der Waals surface area contributed by atoms with E-state index in [4.69, 9.17) is 5.73 Å². The molecule has 0 spiro atoms. The largest absolute Gasteiger partial charge is 0.370 e. The summed E-state index contributed by atoms with van der Waals surface area (Å²) in [5, 5.41) is 17.0. The van der Waals surface area contributed by atoms with Crippen molar-refractivity contribution in [2.75, 3.05) is 13.1 Å².